The maximum absolute atomic E-state index is 5.87. The maximum atomic E-state index is 5.87. The average molecular weight is 286 g/mol. The zero-order chi connectivity index (χ0) is 15.1. The Hall–Kier alpha value is -2.30. The molecule has 0 fully saturated rings. The number of amidine groups is 2. The van der Waals surface area contributed by atoms with Gasteiger partial charge in [-0.1, -0.05) is 13.0 Å². The van der Waals surface area contributed by atoms with E-state index in [4.69, 9.17) is 10.2 Å². The first-order valence-electron chi connectivity index (χ1n) is 7.21. The Kier molecular flexibility index (Phi) is 5.37. The number of aliphatic imine (C=N–C) groups is 2. The molecule has 0 bridgehead atoms. The number of furan rings is 1. The number of allylic oxidation sites excluding steroid dienone is 1. The van der Waals surface area contributed by atoms with E-state index in [-0.39, 0.29) is 0 Å². The molecule has 0 saturated carbocycles. The molecule has 5 heteroatoms. The lowest BCUT2D eigenvalue weighted by molar-refractivity contribution is 0.564. The second kappa shape index (κ2) is 7.47. The summed E-state index contributed by atoms with van der Waals surface area (Å²) < 4.78 is 5.05. The first kappa shape index (κ1) is 15.1. The van der Waals surface area contributed by atoms with Crippen LogP contribution in [0, 0.1) is 0 Å². The van der Waals surface area contributed by atoms with Crippen LogP contribution in [-0.2, 0) is 6.42 Å². The highest BCUT2D eigenvalue weighted by Gasteiger charge is 2.06. The number of hydrogen-bond acceptors (Lipinski definition) is 4. The molecule has 21 heavy (non-hydrogen) atoms. The van der Waals surface area contributed by atoms with Gasteiger partial charge in [0.1, 0.15) is 17.5 Å². The Labute approximate surface area is 125 Å². The Morgan fingerprint density at radius 3 is 3.10 bits per heavy atom. The van der Waals surface area contributed by atoms with Gasteiger partial charge in [0.2, 0.25) is 0 Å². The van der Waals surface area contributed by atoms with Crippen LogP contribution in [0.2, 0.25) is 0 Å². The highest BCUT2D eigenvalue weighted by Crippen LogP contribution is 2.09. The minimum atomic E-state index is 0.610. The summed E-state index contributed by atoms with van der Waals surface area (Å²) in [5.41, 5.74) is 8.18. The van der Waals surface area contributed by atoms with Gasteiger partial charge in [-0.15, -0.1) is 0 Å². The molecule has 1 aromatic heterocycles. The molecular weight excluding hydrogens is 264 g/mol. The second-order valence-corrected chi connectivity index (χ2v) is 4.97. The maximum Gasteiger partial charge on any atom is 0.132 e. The summed E-state index contributed by atoms with van der Waals surface area (Å²) >= 11 is 0. The summed E-state index contributed by atoms with van der Waals surface area (Å²) in [5, 5.41) is 3.27. The van der Waals surface area contributed by atoms with Crippen LogP contribution in [0.4, 0.5) is 0 Å². The standard InChI is InChI=1S/C16H22N4O/c1-3-12(2)16-19-14(17)5-4-6-15(20-16)18-9-7-13-8-10-21-11-13/h4,6,8,10-11H,3,5,7,9H2,1-2H3,(H2,17,19)(H,18,20)/b6-4+,16-12-. The van der Waals surface area contributed by atoms with Crippen LogP contribution in [-0.4, -0.2) is 18.2 Å². The third-order valence-electron chi connectivity index (χ3n) is 3.30. The summed E-state index contributed by atoms with van der Waals surface area (Å²) in [4.78, 5) is 9.02. The molecule has 2 heterocycles. The number of nitrogens with one attached hydrogen (secondary N) is 1. The molecule has 0 spiro atoms. The Bertz CT molecular complexity index is 579. The summed E-state index contributed by atoms with van der Waals surface area (Å²) in [5.74, 6) is 2.23. The van der Waals surface area contributed by atoms with E-state index in [9.17, 15) is 0 Å². The van der Waals surface area contributed by atoms with Crippen LogP contribution >= 0.6 is 0 Å². The fourth-order valence-electron chi connectivity index (χ4n) is 1.87. The quantitative estimate of drug-likeness (QED) is 0.893. The number of nitrogens with two attached hydrogens (primary N) is 1. The van der Waals surface area contributed by atoms with Crippen molar-refractivity contribution in [3.05, 3.63) is 47.7 Å². The van der Waals surface area contributed by atoms with Gasteiger partial charge in [-0.2, -0.15) is 0 Å². The largest absolute Gasteiger partial charge is 0.472 e. The smallest absolute Gasteiger partial charge is 0.132 e. The first-order valence-corrected chi connectivity index (χ1v) is 7.21. The predicted octanol–water partition coefficient (Wildman–Crippen LogP) is 2.77. The van der Waals surface area contributed by atoms with Gasteiger partial charge < -0.3 is 15.5 Å². The van der Waals surface area contributed by atoms with Crippen molar-refractivity contribution < 1.29 is 4.42 Å². The molecule has 0 radical (unpaired) electrons. The average Bonchev–Trinajstić information content (AvgIpc) is 2.96. The third kappa shape index (κ3) is 4.63. The molecule has 2 rings (SSSR count). The Morgan fingerprint density at radius 2 is 2.38 bits per heavy atom. The van der Waals surface area contributed by atoms with Gasteiger partial charge in [0.25, 0.3) is 0 Å². The Balaban J connectivity index is 2.08. The predicted molar refractivity (Wildman–Crippen MR) is 86.2 cm³/mol. The van der Waals surface area contributed by atoms with Crippen molar-refractivity contribution in [1.29, 1.82) is 0 Å². The van der Waals surface area contributed by atoms with Crippen LogP contribution < -0.4 is 11.1 Å². The fourth-order valence-corrected chi connectivity index (χ4v) is 1.87. The lowest BCUT2D eigenvalue weighted by Gasteiger charge is -2.13. The molecule has 0 saturated heterocycles. The second-order valence-electron chi connectivity index (χ2n) is 4.97. The van der Waals surface area contributed by atoms with E-state index in [1.807, 2.05) is 25.1 Å². The van der Waals surface area contributed by atoms with E-state index in [2.05, 4.69) is 22.2 Å². The summed E-state index contributed by atoms with van der Waals surface area (Å²) in [6.45, 7) is 4.84. The molecule has 0 unspecified atom stereocenters. The van der Waals surface area contributed by atoms with Gasteiger partial charge in [-0.3, -0.25) is 4.99 Å². The van der Waals surface area contributed by atoms with Crippen molar-refractivity contribution in [2.24, 2.45) is 15.7 Å². The molecule has 5 nitrogen and oxygen atoms in total. The van der Waals surface area contributed by atoms with E-state index in [0.717, 1.165) is 35.6 Å². The minimum Gasteiger partial charge on any atom is -0.472 e. The fraction of sp³-hybridized carbons (Fsp3) is 0.375. The van der Waals surface area contributed by atoms with Crippen LogP contribution in [0.5, 0.6) is 0 Å². The Morgan fingerprint density at radius 1 is 1.52 bits per heavy atom. The molecule has 0 aromatic carbocycles. The van der Waals surface area contributed by atoms with Gasteiger partial charge in [0, 0.05) is 13.0 Å². The SMILES string of the molecule is CC/C(C)=C1/N=C(N)C/C=C/C(=NCCc2ccoc2)N1. The van der Waals surface area contributed by atoms with E-state index >= 15 is 0 Å². The van der Waals surface area contributed by atoms with E-state index in [1.54, 1.807) is 12.5 Å². The monoisotopic (exact) mass is 286 g/mol. The molecule has 0 amide bonds. The van der Waals surface area contributed by atoms with Crippen molar-refractivity contribution in [3.8, 4) is 0 Å². The lowest BCUT2D eigenvalue weighted by Crippen LogP contribution is -2.26. The molecule has 1 aliphatic heterocycles. The molecule has 0 atom stereocenters. The highest BCUT2D eigenvalue weighted by molar-refractivity contribution is 5.96. The number of hydrogen-bond donors (Lipinski definition) is 2. The molecule has 112 valence electrons. The summed E-state index contributed by atoms with van der Waals surface area (Å²) in [6, 6.07) is 1.96. The van der Waals surface area contributed by atoms with Crippen molar-refractivity contribution >= 4 is 11.7 Å². The zero-order valence-corrected chi connectivity index (χ0v) is 12.6. The van der Waals surface area contributed by atoms with Crippen molar-refractivity contribution in [3.63, 3.8) is 0 Å². The molecule has 1 aliphatic rings. The zero-order valence-electron chi connectivity index (χ0n) is 12.6. The molecule has 3 N–H and O–H groups in total. The molecule has 0 aliphatic carbocycles. The van der Waals surface area contributed by atoms with Crippen molar-refractivity contribution in [2.75, 3.05) is 6.54 Å². The summed E-state index contributed by atoms with van der Waals surface area (Å²) in [7, 11) is 0. The van der Waals surface area contributed by atoms with Crippen molar-refractivity contribution in [2.45, 2.75) is 33.1 Å². The van der Waals surface area contributed by atoms with Crippen LogP contribution in [0.1, 0.15) is 32.3 Å². The van der Waals surface area contributed by atoms with Crippen LogP contribution in [0.25, 0.3) is 0 Å². The van der Waals surface area contributed by atoms with E-state index in [1.165, 1.54) is 0 Å². The van der Waals surface area contributed by atoms with Gasteiger partial charge in [0.15, 0.2) is 0 Å². The third-order valence-corrected chi connectivity index (χ3v) is 3.30. The van der Waals surface area contributed by atoms with E-state index in [0.29, 0.717) is 18.8 Å². The minimum absolute atomic E-state index is 0.610. The normalized spacial score (nSPS) is 21.2. The molecular formula is C16H22N4O. The first-order chi connectivity index (χ1) is 10.2. The number of rotatable bonds is 4. The topological polar surface area (TPSA) is 75.9 Å². The highest BCUT2D eigenvalue weighted by atomic mass is 16.3. The van der Waals surface area contributed by atoms with Crippen LogP contribution in [0.15, 0.2) is 56.5 Å². The van der Waals surface area contributed by atoms with Crippen LogP contribution in [0.3, 0.4) is 0 Å². The molecule has 1 aromatic rings. The lowest BCUT2D eigenvalue weighted by atomic mass is 10.2. The van der Waals surface area contributed by atoms with Gasteiger partial charge in [0.05, 0.1) is 12.5 Å². The van der Waals surface area contributed by atoms with E-state index < -0.39 is 0 Å². The summed E-state index contributed by atoms with van der Waals surface area (Å²) in [6.07, 6.45) is 9.78. The van der Waals surface area contributed by atoms with Gasteiger partial charge >= 0.3 is 0 Å². The van der Waals surface area contributed by atoms with Gasteiger partial charge in [-0.25, -0.2) is 4.99 Å². The number of nitrogens with zero attached hydrogens (tertiary/aromatic N) is 2. The van der Waals surface area contributed by atoms with Gasteiger partial charge in [-0.05, 0) is 43.0 Å². The van der Waals surface area contributed by atoms with Crippen molar-refractivity contribution in [1.82, 2.24) is 5.32 Å².